The number of benzene rings is 1. The zero-order valence-corrected chi connectivity index (χ0v) is 14.8. The lowest BCUT2D eigenvalue weighted by molar-refractivity contribution is 0.415. The standard InChI is InChI=1S/C18H23N3OS/c1-12(2)16(14-9-6-5-8-13(14)3)20-18(23)21-17-15(22-4)10-7-11-19-17/h5-12,16H,1-4H3,(H2,19,20,21,23). The second-order valence-electron chi connectivity index (χ2n) is 5.73. The average Bonchev–Trinajstić information content (AvgIpc) is 2.53. The maximum Gasteiger partial charge on any atom is 0.174 e. The van der Waals surface area contributed by atoms with E-state index in [2.05, 4.69) is 54.6 Å². The number of thiocarbonyl (C=S) groups is 1. The van der Waals surface area contributed by atoms with Gasteiger partial charge in [-0.3, -0.25) is 0 Å². The Balaban J connectivity index is 2.15. The quantitative estimate of drug-likeness (QED) is 0.809. The van der Waals surface area contributed by atoms with Gasteiger partial charge in [-0.2, -0.15) is 0 Å². The third-order valence-electron chi connectivity index (χ3n) is 3.70. The normalized spacial score (nSPS) is 11.9. The Morgan fingerprint density at radius 1 is 1.17 bits per heavy atom. The van der Waals surface area contributed by atoms with Crippen LogP contribution in [-0.4, -0.2) is 17.2 Å². The molecule has 0 fully saturated rings. The first-order chi connectivity index (χ1) is 11.0. The third-order valence-corrected chi connectivity index (χ3v) is 3.92. The highest BCUT2D eigenvalue weighted by Gasteiger charge is 2.19. The smallest absolute Gasteiger partial charge is 0.174 e. The van der Waals surface area contributed by atoms with E-state index in [4.69, 9.17) is 17.0 Å². The van der Waals surface area contributed by atoms with E-state index in [0.717, 1.165) is 0 Å². The van der Waals surface area contributed by atoms with Crippen LogP contribution in [0.15, 0.2) is 42.6 Å². The highest BCUT2D eigenvalue weighted by atomic mass is 32.1. The molecule has 122 valence electrons. The van der Waals surface area contributed by atoms with Gasteiger partial charge in [0.2, 0.25) is 0 Å². The summed E-state index contributed by atoms with van der Waals surface area (Å²) in [6.45, 7) is 6.47. The number of nitrogens with one attached hydrogen (secondary N) is 2. The van der Waals surface area contributed by atoms with E-state index in [9.17, 15) is 0 Å². The van der Waals surface area contributed by atoms with Gasteiger partial charge in [-0.25, -0.2) is 4.98 Å². The fourth-order valence-corrected chi connectivity index (χ4v) is 2.70. The maximum absolute atomic E-state index is 5.46. The number of rotatable bonds is 5. The largest absolute Gasteiger partial charge is 0.493 e. The molecular weight excluding hydrogens is 306 g/mol. The van der Waals surface area contributed by atoms with Crippen molar-refractivity contribution in [2.24, 2.45) is 5.92 Å². The third kappa shape index (κ3) is 4.42. The number of hydrogen-bond acceptors (Lipinski definition) is 3. The van der Waals surface area contributed by atoms with Gasteiger partial charge in [-0.15, -0.1) is 0 Å². The van der Waals surface area contributed by atoms with Gasteiger partial charge in [0.25, 0.3) is 0 Å². The van der Waals surface area contributed by atoms with Crippen LogP contribution >= 0.6 is 12.2 Å². The molecule has 0 saturated carbocycles. The Kier molecular flexibility index (Phi) is 5.93. The summed E-state index contributed by atoms with van der Waals surface area (Å²) in [6, 6.07) is 12.2. The van der Waals surface area contributed by atoms with Crippen LogP contribution in [0.3, 0.4) is 0 Å². The summed E-state index contributed by atoms with van der Waals surface area (Å²) in [5, 5.41) is 7.05. The molecule has 1 heterocycles. The molecule has 0 saturated heterocycles. The van der Waals surface area contributed by atoms with E-state index in [1.54, 1.807) is 13.3 Å². The molecule has 23 heavy (non-hydrogen) atoms. The Labute approximate surface area is 143 Å². The summed E-state index contributed by atoms with van der Waals surface area (Å²) in [5.74, 6) is 1.66. The van der Waals surface area contributed by atoms with Gasteiger partial charge >= 0.3 is 0 Å². The lowest BCUT2D eigenvalue weighted by atomic mass is 9.93. The van der Waals surface area contributed by atoms with Gasteiger partial charge < -0.3 is 15.4 Å². The van der Waals surface area contributed by atoms with Gasteiger partial charge in [0.15, 0.2) is 16.7 Å². The number of nitrogens with zero attached hydrogens (tertiary/aromatic N) is 1. The minimum Gasteiger partial charge on any atom is -0.493 e. The number of pyridine rings is 1. The van der Waals surface area contributed by atoms with Crippen molar-refractivity contribution >= 4 is 23.1 Å². The molecule has 1 aromatic carbocycles. The van der Waals surface area contributed by atoms with E-state index >= 15 is 0 Å². The predicted molar refractivity (Wildman–Crippen MR) is 98.9 cm³/mol. The molecule has 1 aromatic heterocycles. The van der Waals surface area contributed by atoms with Gasteiger partial charge in [0.1, 0.15) is 0 Å². The molecule has 2 N–H and O–H groups in total. The Morgan fingerprint density at radius 2 is 1.91 bits per heavy atom. The lowest BCUT2D eigenvalue weighted by Crippen LogP contribution is -2.35. The van der Waals surface area contributed by atoms with Gasteiger partial charge in [0.05, 0.1) is 13.2 Å². The molecule has 2 aromatic rings. The molecule has 1 atom stereocenters. The molecule has 0 amide bonds. The number of ether oxygens (including phenoxy) is 1. The van der Waals surface area contributed by atoms with E-state index < -0.39 is 0 Å². The topological polar surface area (TPSA) is 46.2 Å². The van der Waals surface area contributed by atoms with Crippen molar-refractivity contribution in [1.82, 2.24) is 10.3 Å². The highest BCUT2D eigenvalue weighted by molar-refractivity contribution is 7.80. The zero-order valence-electron chi connectivity index (χ0n) is 14.0. The van der Waals surface area contributed by atoms with Crippen LogP contribution in [0.4, 0.5) is 5.82 Å². The van der Waals surface area contributed by atoms with Gasteiger partial charge in [-0.1, -0.05) is 38.1 Å². The minimum absolute atomic E-state index is 0.130. The van der Waals surface area contributed by atoms with Crippen LogP contribution < -0.4 is 15.4 Å². The molecule has 0 spiro atoms. The van der Waals surface area contributed by atoms with Crippen molar-refractivity contribution in [1.29, 1.82) is 0 Å². The summed E-state index contributed by atoms with van der Waals surface area (Å²) < 4.78 is 5.29. The Morgan fingerprint density at radius 3 is 2.57 bits per heavy atom. The second-order valence-corrected chi connectivity index (χ2v) is 6.14. The summed E-state index contributed by atoms with van der Waals surface area (Å²) in [5.41, 5.74) is 2.50. The molecule has 1 unspecified atom stereocenters. The first-order valence-corrected chi connectivity index (χ1v) is 8.05. The fourth-order valence-electron chi connectivity index (χ4n) is 2.47. The first-order valence-electron chi connectivity index (χ1n) is 7.65. The minimum atomic E-state index is 0.130. The van der Waals surface area contributed by atoms with E-state index in [1.807, 2.05) is 18.2 Å². The van der Waals surface area contributed by atoms with Crippen LogP contribution in [0.1, 0.15) is 31.0 Å². The Hall–Kier alpha value is -2.14. The van der Waals surface area contributed by atoms with Crippen LogP contribution in [0.25, 0.3) is 0 Å². The number of aromatic nitrogens is 1. The molecule has 4 nitrogen and oxygen atoms in total. The molecule has 0 aliphatic heterocycles. The van der Waals surface area contributed by atoms with Crippen molar-refractivity contribution < 1.29 is 4.74 Å². The van der Waals surface area contributed by atoms with E-state index in [-0.39, 0.29) is 6.04 Å². The van der Waals surface area contributed by atoms with Crippen LogP contribution in [0, 0.1) is 12.8 Å². The van der Waals surface area contributed by atoms with Crippen molar-refractivity contribution in [3.8, 4) is 5.75 Å². The maximum atomic E-state index is 5.46. The molecular formula is C18H23N3OS. The molecule has 0 radical (unpaired) electrons. The predicted octanol–water partition coefficient (Wildman–Crippen LogP) is 4.08. The molecule has 0 aliphatic carbocycles. The van der Waals surface area contributed by atoms with Crippen molar-refractivity contribution in [2.45, 2.75) is 26.8 Å². The summed E-state index contributed by atoms with van der Waals surface area (Å²) in [6.07, 6.45) is 1.70. The van der Waals surface area contributed by atoms with E-state index in [1.165, 1.54) is 11.1 Å². The zero-order chi connectivity index (χ0) is 16.8. The number of aryl methyl sites for hydroxylation is 1. The summed E-state index contributed by atoms with van der Waals surface area (Å²) >= 11 is 5.46. The van der Waals surface area contributed by atoms with Crippen LogP contribution in [-0.2, 0) is 0 Å². The van der Waals surface area contributed by atoms with Crippen molar-refractivity contribution in [3.05, 3.63) is 53.7 Å². The number of anilines is 1. The fraction of sp³-hybridized carbons (Fsp3) is 0.333. The number of hydrogen-bond donors (Lipinski definition) is 2. The monoisotopic (exact) mass is 329 g/mol. The van der Waals surface area contributed by atoms with Crippen molar-refractivity contribution in [2.75, 3.05) is 12.4 Å². The molecule has 2 rings (SSSR count). The van der Waals surface area contributed by atoms with Gasteiger partial charge in [-0.05, 0) is 48.3 Å². The second kappa shape index (κ2) is 7.92. The molecule has 0 bridgehead atoms. The summed E-state index contributed by atoms with van der Waals surface area (Å²) in [4.78, 5) is 4.27. The van der Waals surface area contributed by atoms with Gasteiger partial charge in [0, 0.05) is 6.20 Å². The summed E-state index contributed by atoms with van der Waals surface area (Å²) in [7, 11) is 1.61. The van der Waals surface area contributed by atoms with Crippen LogP contribution in [0.2, 0.25) is 0 Å². The SMILES string of the molecule is COc1cccnc1NC(=S)NC(c1ccccc1C)C(C)C. The molecule has 0 aliphatic rings. The Bertz CT molecular complexity index is 673. The molecule has 5 heteroatoms. The van der Waals surface area contributed by atoms with Crippen molar-refractivity contribution in [3.63, 3.8) is 0 Å². The highest BCUT2D eigenvalue weighted by Crippen LogP contribution is 2.25. The first kappa shape index (κ1) is 17.2. The lowest BCUT2D eigenvalue weighted by Gasteiger charge is -2.26. The number of methoxy groups -OCH3 is 1. The average molecular weight is 329 g/mol. The van der Waals surface area contributed by atoms with E-state index in [0.29, 0.717) is 22.6 Å². The van der Waals surface area contributed by atoms with Crippen LogP contribution in [0.5, 0.6) is 5.75 Å².